The largest absolute Gasteiger partial charge is 0.361 e. The predicted molar refractivity (Wildman–Crippen MR) is 73.6 cm³/mol. The highest BCUT2D eigenvalue weighted by molar-refractivity contribution is 7.06. The van der Waals surface area contributed by atoms with Gasteiger partial charge in [0.15, 0.2) is 0 Å². The van der Waals surface area contributed by atoms with Crippen LogP contribution in [0.2, 0.25) is 0 Å². The van der Waals surface area contributed by atoms with Crippen LogP contribution in [0.4, 0.5) is 0 Å². The lowest BCUT2D eigenvalue weighted by Crippen LogP contribution is -1.80. The smallest absolute Gasteiger partial charge is 0.0991 e. The molecule has 3 nitrogen and oxygen atoms in total. The summed E-state index contributed by atoms with van der Waals surface area (Å²) in [5.74, 6) is 0. The highest BCUT2D eigenvalue weighted by atomic mass is 32.1. The maximum Gasteiger partial charge on any atom is 0.0991 e. The van der Waals surface area contributed by atoms with Crippen molar-refractivity contribution in [2.45, 2.75) is 13.8 Å². The number of benzene rings is 1. The third kappa shape index (κ3) is 1.52. The second-order valence-electron chi connectivity index (χ2n) is 4.27. The fourth-order valence-corrected chi connectivity index (χ4v) is 2.98. The number of nitriles is 1. The lowest BCUT2D eigenvalue weighted by atomic mass is 10.0. The molecule has 0 amide bonds. The molecular formula is C14H11N3S. The second kappa shape index (κ2) is 3.97. The van der Waals surface area contributed by atoms with Crippen LogP contribution >= 0.6 is 11.5 Å². The number of aromatic amines is 1. The number of nitrogens with one attached hydrogen (secondary N) is 1. The highest BCUT2D eigenvalue weighted by Crippen LogP contribution is 2.35. The van der Waals surface area contributed by atoms with Crippen LogP contribution in [0.25, 0.3) is 22.0 Å². The van der Waals surface area contributed by atoms with Crippen LogP contribution in [0.3, 0.4) is 0 Å². The number of fused-ring (bicyclic) bond motifs is 1. The third-order valence-corrected chi connectivity index (χ3v) is 3.96. The fourth-order valence-electron chi connectivity index (χ4n) is 2.26. The van der Waals surface area contributed by atoms with Crippen LogP contribution in [-0.4, -0.2) is 9.36 Å². The van der Waals surface area contributed by atoms with Crippen molar-refractivity contribution in [3.63, 3.8) is 0 Å². The predicted octanol–water partition coefficient (Wildman–Crippen LogP) is 3.78. The summed E-state index contributed by atoms with van der Waals surface area (Å²) in [6.45, 7) is 4.10. The molecule has 0 aliphatic heterocycles. The zero-order valence-electron chi connectivity index (χ0n) is 10.1. The van der Waals surface area contributed by atoms with Gasteiger partial charge in [0.1, 0.15) is 0 Å². The Morgan fingerprint density at radius 1 is 1.33 bits per heavy atom. The quantitative estimate of drug-likeness (QED) is 0.717. The minimum absolute atomic E-state index is 0.682. The fraction of sp³-hybridized carbons (Fsp3) is 0.143. The molecule has 2 heterocycles. The lowest BCUT2D eigenvalue weighted by Gasteiger charge is -2.00. The SMILES string of the molecule is Cc1nsc(C)c1-c1c[nH]c2ccc(C#N)cc12. The molecule has 88 valence electrons. The maximum atomic E-state index is 8.99. The van der Waals surface area contributed by atoms with Gasteiger partial charge in [-0.2, -0.15) is 9.64 Å². The number of hydrogen-bond donors (Lipinski definition) is 1. The van der Waals surface area contributed by atoms with E-state index in [4.69, 9.17) is 5.26 Å². The molecule has 0 aliphatic carbocycles. The van der Waals surface area contributed by atoms with Crippen molar-refractivity contribution in [3.05, 3.63) is 40.5 Å². The van der Waals surface area contributed by atoms with E-state index in [-0.39, 0.29) is 0 Å². The molecule has 0 saturated carbocycles. The number of aryl methyl sites for hydroxylation is 2. The normalized spacial score (nSPS) is 10.7. The summed E-state index contributed by atoms with van der Waals surface area (Å²) in [5.41, 5.74) is 5.09. The molecule has 3 aromatic rings. The van der Waals surface area contributed by atoms with Crippen molar-refractivity contribution < 1.29 is 0 Å². The van der Waals surface area contributed by atoms with Gasteiger partial charge in [-0.05, 0) is 43.6 Å². The van der Waals surface area contributed by atoms with E-state index in [0.29, 0.717) is 5.56 Å². The summed E-state index contributed by atoms with van der Waals surface area (Å²) in [6.07, 6.45) is 2.00. The van der Waals surface area contributed by atoms with Gasteiger partial charge in [-0.15, -0.1) is 0 Å². The van der Waals surface area contributed by atoms with Crippen molar-refractivity contribution in [1.29, 1.82) is 5.26 Å². The van der Waals surface area contributed by atoms with E-state index < -0.39 is 0 Å². The van der Waals surface area contributed by atoms with E-state index in [2.05, 4.69) is 22.4 Å². The molecule has 3 rings (SSSR count). The van der Waals surface area contributed by atoms with Crippen molar-refractivity contribution in [1.82, 2.24) is 9.36 Å². The number of rotatable bonds is 1. The van der Waals surface area contributed by atoms with Crippen LogP contribution in [0.15, 0.2) is 24.4 Å². The Kier molecular flexibility index (Phi) is 2.42. The average Bonchev–Trinajstić information content (AvgIpc) is 2.92. The lowest BCUT2D eigenvalue weighted by molar-refractivity contribution is 1.34. The van der Waals surface area contributed by atoms with E-state index in [0.717, 1.165) is 22.2 Å². The number of hydrogen-bond acceptors (Lipinski definition) is 3. The zero-order chi connectivity index (χ0) is 12.7. The molecule has 0 bridgehead atoms. The van der Waals surface area contributed by atoms with E-state index >= 15 is 0 Å². The van der Waals surface area contributed by atoms with Gasteiger partial charge in [-0.25, -0.2) is 0 Å². The molecule has 2 aromatic heterocycles. The Labute approximate surface area is 109 Å². The average molecular weight is 253 g/mol. The van der Waals surface area contributed by atoms with Crippen molar-refractivity contribution in [2.75, 3.05) is 0 Å². The number of nitrogens with zero attached hydrogens (tertiary/aromatic N) is 2. The van der Waals surface area contributed by atoms with Crippen molar-refractivity contribution in [2.24, 2.45) is 0 Å². The summed E-state index contributed by atoms with van der Waals surface area (Å²) in [5, 5.41) is 10.1. The number of aromatic nitrogens is 2. The van der Waals surface area contributed by atoms with Gasteiger partial charge in [0, 0.05) is 33.1 Å². The standard InChI is InChI=1S/C14H11N3S/c1-8-14(9(2)18-17-8)12-7-16-13-4-3-10(6-15)5-11(12)13/h3-5,7,16H,1-2H3. The van der Waals surface area contributed by atoms with Gasteiger partial charge in [0.05, 0.1) is 17.3 Å². The van der Waals surface area contributed by atoms with Gasteiger partial charge in [0.2, 0.25) is 0 Å². The first kappa shape index (κ1) is 11.0. The molecule has 4 heteroatoms. The Morgan fingerprint density at radius 3 is 2.83 bits per heavy atom. The van der Waals surface area contributed by atoms with E-state index in [1.54, 1.807) is 0 Å². The molecule has 0 radical (unpaired) electrons. The zero-order valence-corrected chi connectivity index (χ0v) is 10.9. The van der Waals surface area contributed by atoms with Crippen LogP contribution in [-0.2, 0) is 0 Å². The molecule has 1 aromatic carbocycles. The Hall–Kier alpha value is -2.12. The molecule has 18 heavy (non-hydrogen) atoms. The van der Waals surface area contributed by atoms with Gasteiger partial charge in [-0.3, -0.25) is 0 Å². The van der Waals surface area contributed by atoms with Gasteiger partial charge in [-0.1, -0.05) is 0 Å². The second-order valence-corrected chi connectivity index (χ2v) is 5.25. The van der Waals surface area contributed by atoms with E-state index in [9.17, 15) is 0 Å². The molecular weight excluding hydrogens is 242 g/mol. The van der Waals surface area contributed by atoms with E-state index in [1.807, 2.05) is 31.3 Å². The molecule has 0 fully saturated rings. The van der Waals surface area contributed by atoms with Crippen LogP contribution in [0.1, 0.15) is 16.1 Å². The summed E-state index contributed by atoms with van der Waals surface area (Å²) >= 11 is 1.52. The first-order valence-electron chi connectivity index (χ1n) is 5.65. The van der Waals surface area contributed by atoms with Gasteiger partial charge >= 0.3 is 0 Å². The molecule has 0 saturated heterocycles. The van der Waals surface area contributed by atoms with E-state index in [1.165, 1.54) is 22.0 Å². The minimum atomic E-state index is 0.682. The van der Waals surface area contributed by atoms with Crippen molar-refractivity contribution in [3.8, 4) is 17.2 Å². The monoisotopic (exact) mass is 253 g/mol. The first-order chi connectivity index (χ1) is 8.70. The third-order valence-electron chi connectivity index (χ3n) is 3.11. The molecule has 0 atom stereocenters. The summed E-state index contributed by atoms with van der Waals surface area (Å²) in [7, 11) is 0. The molecule has 1 N–H and O–H groups in total. The minimum Gasteiger partial charge on any atom is -0.361 e. The van der Waals surface area contributed by atoms with Crippen LogP contribution < -0.4 is 0 Å². The van der Waals surface area contributed by atoms with Crippen LogP contribution in [0.5, 0.6) is 0 Å². The van der Waals surface area contributed by atoms with Crippen molar-refractivity contribution >= 4 is 22.4 Å². The first-order valence-corrected chi connectivity index (χ1v) is 6.42. The van der Waals surface area contributed by atoms with Gasteiger partial charge < -0.3 is 4.98 Å². The molecule has 0 spiro atoms. The number of H-pyrrole nitrogens is 1. The Balaban J connectivity index is 2.34. The molecule has 0 unspecified atom stereocenters. The molecule has 0 aliphatic rings. The Morgan fingerprint density at radius 2 is 2.17 bits per heavy atom. The summed E-state index contributed by atoms with van der Waals surface area (Å²) in [6, 6.07) is 7.89. The Bertz CT molecular complexity index is 755. The topological polar surface area (TPSA) is 52.5 Å². The maximum absolute atomic E-state index is 8.99. The van der Waals surface area contributed by atoms with Crippen LogP contribution in [0, 0.1) is 25.2 Å². The highest BCUT2D eigenvalue weighted by Gasteiger charge is 2.14. The summed E-state index contributed by atoms with van der Waals surface area (Å²) in [4.78, 5) is 4.45. The van der Waals surface area contributed by atoms with Gasteiger partial charge in [0.25, 0.3) is 0 Å². The summed E-state index contributed by atoms with van der Waals surface area (Å²) < 4.78 is 4.38.